The molecule has 0 aliphatic heterocycles. The first-order chi connectivity index (χ1) is 11.8. The summed E-state index contributed by atoms with van der Waals surface area (Å²) in [6.45, 7) is 2.95. The van der Waals surface area contributed by atoms with Gasteiger partial charge in [0.15, 0.2) is 10.9 Å². The molecule has 128 valence electrons. The van der Waals surface area contributed by atoms with E-state index in [-0.39, 0.29) is 27.7 Å². The van der Waals surface area contributed by atoms with Crippen molar-refractivity contribution in [3.05, 3.63) is 69.3 Å². The van der Waals surface area contributed by atoms with Crippen LogP contribution in [0.4, 0.5) is 11.4 Å². The molecule has 0 aromatic heterocycles. The van der Waals surface area contributed by atoms with Crippen LogP contribution in [0.25, 0.3) is 0 Å². The summed E-state index contributed by atoms with van der Waals surface area (Å²) < 4.78 is 0. The largest absolute Gasteiger partial charge is 0.332 e. The first-order valence-electron chi connectivity index (χ1n) is 7.27. The average molecular weight is 357 g/mol. The van der Waals surface area contributed by atoms with Crippen LogP contribution in [0.1, 0.15) is 33.2 Å². The number of carbonyl (C=O) groups is 2. The van der Waals surface area contributed by atoms with Crippen LogP contribution in [-0.2, 0) is 0 Å². The lowest BCUT2D eigenvalue weighted by Crippen LogP contribution is -2.34. The lowest BCUT2D eigenvalue weighted by Gasteiger charge is -2.11. The van der Waals surface area contributed by atoms with Crippen molar-refractivity contribution in [2.45, 2.75) is 13.8 Å². The highest BCUT2D eigenvalue weighted by Gasteiger charge is 2.18. The fraction of sp³-hybridized carbons (Fsp3) is 0.118. The van der Waals surface area contributed by atoms with Gasteiger partial charge in [-0.2, -0.15) is 0 Å². The SMILES string of the molecule is CC(=O)c1cccc(NC(=S)NC(=O)c2cccc([N+](=O)[O-])c2C)c1. The van der Waals surface area contributed by atoms with E-state index in [9.17, 15) is 19.7 Å². The Labute approximate surface area is 149 Å². The number of nitro benzene ring substituents is 1. The molecule has 0 fully saturated rings. The number of nitrogens with one attached hydrogen (secondary N) is 2. The molecule has 2 aromatic carbocycles. The van der Waals surface area contributed by atoms with E-state index in [0.29, 0.717) is 11.3 Å². The molecule has 2 N–H and O–H groups in total. The molecule has 2 aromatic rings. The van der Waals surface area contributed by atoms with Crippen molar-refractivity contribution in [3.8, 4) is 0 Å². The summed E-state index contributed by atoms with van der Waals surface area (Å²) in [4.78, 5) is 34.1. The van der Waals surface area contributed by atoms with Gasteiger partial charge < -0.3 is 5.32 Å². The third-order valence-electron chi connectivity index (χ3n) is 3.50. The summed E-state index contributed by atoms with van der Waals surface area (Å²) in [5.74, 6) is -0.646. The maximum absolute atomic E-state index is 12.3. The minimum atomic E-state index is -0.554. The number of nitro groups is 1. The molecule has 0 atom stereocenters. The average Bonchev–Trinajstić information content (AvgIpc) is 2.54. The summed E-state index contributed by atoms with van der Waals surface area (Å²) in [6, 6.07) is 10.9. The Morgan fingerprint density at radius 3 is 2.48 bits per heavy atom. The number of anilines is 1. The lowest BCUT2D eigenvalue weighted by molar-refractivity contribution is -0.385. The Morgan fingerprint density at radius 1 is 1.16 bits per heavy atom. The quantitative estimate of drug-likeness (QED) is 0.377. The molecule has 1 amide bonds. The number of nitrogens with zero attached hydrogens (tertiary/aromatic N) is 1. The molecule has 0 aliphatic rings. The number of thiocarbonyl (C=S) groups is 1. The van der Waals surface area contributed by atoms with Gasteiger partial charge in [-0.05, 0) is 44.3 Å². The standard InChI is InChI=1S/C17H15N3O4S/c1-10-14(7-4-8-15(10)20(23)24)16(22)19-17(25)18-13-6-3-5-12(9-13)11(2)21/h3-9H,1-2H3,(H2,18,19,22,25). The minimum Gasteiger partial charge on any atom is -0.332 e. The van der Waals surface area contributed by atoms with E-state index in [1.165, 1.54) is 32.0 Å². The summed E-state index contributed by atoms with van der Waals surface area (Å²) in [5, 5.41) is 16.3. The van der Waals surface area contributed by atoms with Crippen molar-refractivity contribution in [1.82, 2.24) is 5.32 Å². The van der Waals surface area contributed by atoms with Gasteiger partial charge in [0.1, 0.15) is 0 Å². The molecule has 0 unspecified atom stereocenters. The Morgan fingerprint density at radius 2 is 1.84 bits per heavy atom. The number of amides is 1. The van der Waals surface area contributed by atoms with Crippen molar-refractivity contribution in [1.29, 1.82) is 0 Å². The van der Waals surface area contributed by atoms with Crippen LogP contribution < -0.4 is 10.6 Å². The molecular weight excluding hydrogens is 342 g/mol. The number of rotatable bonds is 4. The third kappa shape index (κ3) is 4.45. The summed E-state index contributed by atoms with van der Waals surface area (Å²) >= 11 is 5.09. The number of hydrogen-bond donors (Lipinski definition) is 2. The van der Waals surface area contributed by atoms with Crippen LogP contribution in [0.15, 0.2) is 42.5 Å². The van der Waals surface area contributed by atoms with E-state index in [0.717, 1.165) is 0 Å². The molecule has 7 nitrogen and oxygen atoms in total. The summed E-state index contributed by atoms with van der Waals surface area (Å²) in [5.41, 5.74) is 1.34. The second kappa shape index (κ2) is 7.63. The van der Waals surface area contributed by atoms with Gasteiger partial charge in [0.25, 0.3) is 11.6 Å². The van der Waals surface area contributed by atoms with E-state index in [4.69, 9.17) is 12.2 Å². The Bertz CT molecular complexity index is 880. The normalized spacial score (nSPS) is 10.0. The highest BCUT2D eigenvalue weighted by Crippen LogP contribution is 2.21. The fourth-order valence-corrected chi connectivity index (χ4v) is 2.43. The second-order valence-electron chi connectivity index (χ2n) is 5.25. The van der Waals surface area contributed by atoms with Gasteiger partial charge >= 0.3 is 0 Å². The molecule has 0 saturated heterocycles. The van der Waals surface area contributed by atoms with Crippen molar-refractivity contribution >= 4 is 40.4 Å². The maximum atomic E-state index is 12.3. The summed E-state index contributed by atoms with van der Waals surface area (Å²) in [6.07, 6.45) is 0. The van der Waals surface area contributed by atoms with E-state index < -0.39 is 10.8 Å². The van der Waals surface area contributed by atoms with Gasteiger partial charge in [-0.1, -0.05) is 18.2 Å². The van der Waals surface area contributed by atoms with E-state index in [2.05, 4.69) is 10.6 Å². The topological polar surface area (TPSA) is 101 Å². The van der Waals surface area contributed by atoms with Crippen molar-refractivity contribution in [3.63, 3.8) is 0 Å². The van der Waals surface area contributed by atoms with Crippen molar-refractivity contribution in [2.24, 2.45) is 0 Å². The fourth-order valence-electron chi connectivity index (χ4n) is 2.22. The molecule has 0 bridgehead atoms. The monoisotopic (exact) mass is 357 g/mol. The Hall–Kier alpha value is -3.13. The van der Waals surface area contributed by atoms with E-state index in [1.807, 2.05) is 0 Å². The van der Waals surface area contributed by atoms with Crippen molar-refractivity contribution < 1.29 is 14.5 Å². The smallest absolute Gasteiger partial charge is 0.273 e. The van der Waals surface area contributed by atoms with Gasteiger partial charge in [-0.25, -0.2) is 0 Å². The van der Waals surface area contributed by atoms with Crippen LogP contribution in [0, 0.1) is 17.0 Å². The second-order valence-corrected chi connectivity index (χ2v) is 5.66. The molecule has 0 spiro atoms. The zero-order valence-corrected chi connectivity index (χ0v) is 14.3. The Kier molecular flexibility index (Phi) is 5.56. The van der Waals surface area contributed by atoms with Crippen LogP contribution in [-0.4, -0.2) is 21.7 Å². The van der Waals surface area contributed by atoms with E-state index >= 15 is 0 Å². The van der Waals surface area contributed by atoms with Crippen LogP contribution >= 0.6 is 12.2 Å². The lowest BCUT2D eigenvalue weighted by atomic mass is 10.1. The predicted octanol–water partition coefficient (Wildman–Crippen LogP) is 3.23. The van der Waals surface area contributed by atoms with Gasteiger partial charge in [0, 0.05) is 28.4 Å². The number of Topliss-reactive ketones (excluding diaryl/α,β-unsaturated/α-hetero) is 1. The van der Waals surface area contributed by atoms with E-state index in [1.54, 1.807) is 24.3 Å². The molecule has 0 heterocycles. The third-order valence-corrected chi connectivity index (χ3v) is 3.70. The minimum absolute atomic E-state index is 0.0246. The molecule has 0 saturated carbocycles. The first kappa shape index (κ1) is 18.2. The van der Waals surface area contributed by atoms with Gasteiger partial charge in [0.2, 0.25) is 0 Å². The zero-order valence-electron chi connectivity index (χ0n) is 13.5. The van der Waals surface area contributed by atoms with Crippen LogP contribution in [0.2, 0.25) is 0 Å². The maximum Gasteiger partial charge on any atom is 0.273 e. The van der Waals surface area contributed by atoms with Crippen LogP contribution in [0.5, 0.6) is 0 Å². The van der Waals surface area contributed by atoms with Gasteiger partial charge in [0.05, 0.1) is 4.92 Å². The molecule has 8 heteroatoms. The number of hydrogen-bond acceptors (Lipinski definition) is 5. The molecular formula is C17H15N3O4S. The van der Waals surface area contributed by atoms with Crippen LogP contribution in [0.3, 0.4) is 0 Å². The van der Waals surface area contributed by atoms with Crippen molar-refractivity contribution in [2.75, 3.05) is 5.32 Å². The molecule has 0 aliphatic carbocycles. The number of benzene rings is 2. The predicted molar refractivity (Wildman–Crippen MR) is 98.0 cm³/mol. The zero-order chi connectivity index (χ0) is 18.6. The first-order valence-corrected chi connectivity index (χ1v) is 7.67. The van der Waals surface area contributed by atoms with Gasteiger partial charge in [-0.3, -0.25) is 25.0 Å². The highest BCUT2D eigenvalue weighted by atomic mass is 32.1. The summed E-state index contributed by atoms with van der Waals surface area (Å²) in [7, 11) is 0. The van der Waals surface area contributed by atoms with Gasteiger partial charge in [-0.15, -0.1) is 0 Å². The molecule has 0 radical (unpaired) electrons. The molecule has 25 heavy (non-hydrogen) atoms. The molecule has 2 rings (SSSR count). The highest BCUT2D eigenvalue weighted by molar-refractivity contribution is 7.80. The Balaban J connectivity index is 2.12. The number of ketones is 1. The number of carbonyl (C=O) groups excluding carboxylic acids is 2.